The number of aliphatic hydroxyl groups excluding tert-OH is 1. The first-order valence-corrected chi connectivity index (χ1v) is 7.41. The predicted octanol–water partition coefficient (Wildman–Crippen LogP) is 1.31. The number of carboxylic acids is 1. The Morgan fingerprint density at radius 3 is 2.75 bits per heavy atom. The van der Waals surface area contributed by atoms with Gasteiger partial charge in [-0.05, 0) is 17.7 Å². The normalized spacial score (nSPS) is 11.3. The van der Waals surface area contributed by atoms with E-state index in [4.69, 9.17) is 14.9 Å². The van der Waals surface area contributed by atoms with Gasteiger partial charge in [-0.15, -0.1) is 0 Å². The van der Waals surface area contributed by atoms with E-state index in [9.17, 15) is 9.59 Å². The number of ether oxygens (including phenoxy) is 1. The molecule has 1 heterocycles. The topological polar surface area (TPSA) is 103 Å². The van der Waals surface area contributed by atoms with Crippen LogP contribution in [0.3, 0.4) is 0 Å². The Hall–Kier alpha value is -2.64. The molecule has 0 bridgehead atoms. The van der Waals surface area contributed by atoms with Crippen LogP contribution in [0, 0.1) is 0 Å². The summed E-state index contributed by atoms with van der Waals surface area (Å²) in [6, 6.07) is 3.47. The Labute approximate surface area is 138 Å². The van der Waals surface area contributed by atoms with E-state index in [-0.39, 0.29) is 18.8 Å². The fourth-order valence-electron chi connectivity index (χ4n) is 2.34. The lowest BCUT2D eigenvalue weighted by atomic mass is 10.1. The molecule has 3 N–H and O–H groups in total. The van der Waals surface area contributed by atoms with Gasteiger partial charge in [0.25, 0.3) is 0 Å². The summed E-state index contributed by atoms with van der Waals surface area (Å²) in [5, 5.41) is 18.1. The van der Waals surface area contributed by atoms with Gasteiger partial charge < -0.3 is 24.8 Å². The molecule has 0 aliphatic rings. The average Bonchev–Trinajstić information content (AvgIpc) is 2.54. The number of rotatable bonds is 7. The molecule has 7 heteroatoms. The van der Waals surface area contributed by atoms with Crippen molar-refractivity contribution in [1.82, 2.24) is 4.98 Å². The van der Waals surface area contributed by atoms with Gasteiger partial charge in [0.1, 0.15) is 5.56 Å². The third kappa shape index (κ3) is 3.81. The number of hydrogen-bond acceptors (Lipinski definition) is 5. The second-order valence-electron chi connectivity index (χ2n) is 5.39. The smallest absolute Gasteiger partial charge is 0.341 e. The highest BCUT2D eigenvalue weighted by atomic mass is 16.5. The van der Waals surface area contributed by atoms with E-state index in [0.717, 1.165) is 11.3 Å². The van der Waals surface area contributed by atoms with Gasteiger partial charge in [0.15, 0.2) is 0 Å². The molecule has 0 spiro atoms. The fraction of sp³-hybridized carbons (Fsp3) is 0.294. The SMILES string of the molecule is CN(C)c1cc2[nH]cc(C(=O)O)c(=O)c2cc1C=CCOCCO. The van der Waals surface area contributed by atoms with Gasteiger partial charge in [-0.3, -0.25) is 4.79 Å². The van der Waals surface area contributed by atoms with Crippen LogP contribution in [0.15, 0.2) is 29.2 Å². The zero-order valence-corrected chi connectivity index (χ0v) is 13.6. The Morgan fingerprint density at radius 1 is 1.38 bits per heavy atom. The van der Waals surface area contributed by atoms with Crippen LogP contribution >= 0.6 is 0 Å². The lowest BCUT2D eigenvalue weighted by molar-refractivity contribution is 0.0695. The van der Waals surface area contributed by atoms with E-state index >= 15 is 0 Å². The van der Waals surface area contributed by atoms with Gasteiger partial charge in [0.2, 0.25) is 5.43 Å². The number of anilines is 1. The standard InChI is InChI=1S/C17H20N2O5/c1-19(2)15-9-14-12(16(21)13(10-18-14)17(22)23)8-11(15)4-3-6-24-7-5-20/h3-4,8-10,20H,5-7H2,1-2H3,(H,18,21)(H,22,23). The number of fused-ring (bicyclic) bond motifs is 1. The molecule has 24 heavy (non-hydrogen) atoms. The molecule has 0 fully saturated rings. The largest absolute Gasteiger partial charge is 0.477 e. The van der Waals surface area contributed by atoms with Crippen molar-refractivity contribution < 1.29 is 19.7 Å². The molecule has 1 aromatic carbocycles. The van der Waals surface area contributed by atoms with Crippen LogP contribution in [0.4, 0.5) is 5.69 Å². The van der Waals surface area contributed by atoms with Crippen LogP contribution in [0.5, 0.6) is 0 Å². The summed E-state index contributed by atoms with van der Waals surface area (Å²) in [6.45, 7) is 0.543. The number of H-pyrrole nitrogens is 1. The summed E-state index contributed by atoms with van der Waals surface area (Å²) in [6.07, 6.45) is 4.79. The maximum absolute atomic E-state index is 12.3. The summed E-state index contributed by atoms with van der Waals surface area (Å²) in [7, 11) is 3.76. The molecule has 1 aromatic heterocycles. The minimum absolute atomic E-state index is 0.0416. The van der Waals surface area contributed by atoms with Gasteiger partial charge in [0.05, 0.1) is 25.3 Å². The molecule has 0 aliphatic carbocycles. The first-order valence-electron chi connectivity index (χ1n) is 7.41. The van der Waals surface area contributed by atoms with Crippen molar-refractivity contribution in [2.45, 2.75) is 0 Å². The fourth-order valence-corrected chi connectivity index (χ4v) is 2.34. The van der Waals surface area contributed by atoms with Crippen LogP contribution in [0.25, 0.3) is 17.0 Å². The molecule has 2 rings (SSSR count). The Balaban J connectivity index is 2.51. The van der Waals surface area contributed by atoms with Crippen LogP contribution in [-0.2, 0) is 4.74 Å². The summed E-state index contributed by atoms with van der Waals surface area (Å²) in [5.41, 5.74) is 1.41. The monoisotopic (exact) mass is 332 g/mol. The Kier molecular flexibility index (Phi) is 5.73. The number of carboxylic acid groups (broad SMARTS) is 1. The molecule has 0 aliphatic heterocycles. The number of nitrogens with one attached hydrogen (secondary N) is 1. The lowest BCUT2D eigenvalue weighted by Gasteiger charge is -2.17. The molecule has 7 nitrogen and oxygen atoms in total. The molecule has 0 saturated heterocycles. The van der Waals surface area contributed by atoms with Gasteiger partial charge in [-0.1, -0.05) is 12.2 Å². The number of nitrogens with zero attached hydrogens (tertiary/aromatic N) is 1. The van der Waals surface area contributed by atoms with E-state index in [0.29, 0.717) is 17.5 Å². The van der Waals surface area contributed by atoms with E-state index in [1.54, 1.807) is 24.3 Å². The second-order valence-corrected chi connectivity index (χ2v) is 5.39. The highest BCUT2D eigenvalue weighted by molar-refractivity contribution is 5.94. The van der Waals surface area contributed by atoms with Gasteiger partial charge >= 0.3 is 5.97 Å². The first-order chi connectivity index (χ1) is 11.5. The zero-order chi connectivity index (χ0) is 17.7. The Bertz CT molecular complexity index is 824. The van der Waals surface area contributed by atoms with Crippen molar-refractivity contribution in [3.8, 4) is 0 Å². The lowest BCUT2D eigenvalue weighted by Crippen LogP contribution is -2.16. The number of aliphatic hydroxyl groups is 1. The van der Waals surface area contributed by atoms with Crippen LogP contribution in [-0.4, -0.2) is 55.1 Å². The van der Waals surface area contributed by atoms with Crippen molar-refractivity contribution in [3.05, 3.63) is 45.8 Å². The van der Waals surface area contributed by atoms with Gasteiger partial charge in [-0.25, -0.2) is 4.79 Å². The number of carbonyl (C=O) groups is 1. The third-order valence-corrected chi connectivity index (χ3v) is 3.49. The average molecular weight is 332 g/mol. The second kappa shape index (κ2) is 7.76. The van der Waals surface area contributed by atoms with E-state index in [1.807, 2.05) is 19.0 Å². The number of pyridine rings is 1. The first kappa shape index (κ1) is 17.7. The minimum Gasteiger partial charge on any atom is -0.477 e. The molecule has 0 saturated carbocycles. The molecular formula is C17H20N2O5. The van der Waals surface area contributed by atoms with Crippen LogP contribution in [0.1, 0.15) is 15.9 Å². The van der Waals surface area contributed by atoms with Crippen molar-refractivity contribution in [3.63, 3.8) is 0 Å². The van der Waals surface area contributed by atoms with Crippen molar-refractivity contribution in [2.75, 3.05) is 38.8 Å². The molecular weight excluding hydrogens is 312 g/mol. The number of aromatic amines is 1. The molecule has 2 aromatic rings. The molecule has 0 amide bonds. The molecule has 0 unspecified atom stereocenters. The zero-order valence-electron chi connectivity index (χ0n) is 13.6. The number of benzene rings is 1. The molecule has 0 atom stereocenters. The highest BCUT2D eigenvalue weighted by Crippen LogP contribution is 2.25. The molecule has 128 valence electrons. The summed E-state index contributed by atoms with van der Waals surface area (Å²) < 4.78 is 5.17. The van der Waals surface area contributed by atoms with Gasteiger partial charge in [0, 0.05) is 31.4 Å². The third-order valence-electron chi connectivity index (χ3n) is 3.49. The van der Waals surface area contributed by atoms with Gasteiger partial charge in [-0.2, -0.15) is 0 Å². The van der Waals surface area contributed by atoms with Crippen molar-refractivity contribution in [2.24, 2.45) is 0 Å². The van der Waals surface area contributed by atoms with E-state index in [2.05, 4.69) is 4.98 Å². The number of aromatic nitrogens is 1. The van der Waals surface area contributed by atoms with Crippen LogP contribution in [0.2, 0.25) is 0 Å². The predicted molar refractivity (Wildman–Crippen MR) is 92.8 cm³/mol. The van der Waals surface area contributed by atoms with E-state index < -0.39 is 11.4 Å². The van der Waals surface area contributed by atoms with E-state index in [1.165, 1.54) is 6.20 Å². The molecule has 0 radical (unpaired) electrons. The minimum atomic E-state index is -1.26. The highest BCUT2D eigenvalue weighted by Gasteiger charge is 2.13. The quantitative estimate of drug-likeness (QED) is 0.661. The van der Waals surface area contributed by atoms with Crippen molar-refractivity contribution in [1.29, 1.82) is 0 Å². The maximum Gasteiger partial charge on any atom is 0.341 e. The number of aromatic carboxylic acids is 1. The maximum atomic E-state index is 12.3. The van der Waals surface area contributed by atoms with Crippen molar-refractivity contribution >= 4 is 28.6 Å². The number of hydrogen-bond donors (Lipinski definition) is 3. The van der Waals surface area contributed by atoms with Crippen LogP contribution < -0.4 is 10.3 Å². The summed E-state index contributed by atoms with van der Waals surface area (Å²) >= 11 is 0. The summed E-state index contributed by atoms with van der Waals surface area (Å²) in [5.74, 6) is -1.26. The Morgan fingerprint density at radius 2 is 2.12 bits per heavy atom. The summed E-state index contributed by atoms with van der Waals surface area (Å²) in [4.78, 5) is 28.2.